The van der Waals surface area contributed by atoms with Crippen molar-refractivity contribution in [1.82, 2.24) is 9.96 Å². The van der Waals surface area contributed by atoms with Gasteiger partial charge in [-0.2, -0.15) is 8.42 Å². The van der Waals surface area contributed by atoms with E-state index < -0.39 is 34.2 Å². The number of imide groups is 1. The quantitative estimate of drug-likeness (QED) is 0.670. The molecule has 2 aliphatic rings. The third-order valence-electron chi connectivity index (χ3n) is 4.34. The number of carbonyl (C=O) groups excluding carboxylic acids is 2. The van der Waals surface area contributed by atoms with Crippen molar-refractivity contribution in [2.75, 3.05) is 6.26 Å². The number of amides is 2. The van der Waals surface area contributed by atoms with Gasteiger partial charge in [-0.3, -0.25) is 14.5 Å². The molecule has 0 aromatic heterocycles. The SMILES string of the molecule is CS(=O)(=O)ON1C(=O)CCC(N2Cc3cc(CN)ccc3C2O)C1=O. The first-order chi connectivity index (χ1) is 11.7. The van der Waals surface area contributed by atoms with E-state index >= 15 is 0 Å². The summed E-state index contributed by atoms with van der Waals surface area (Å²) in [6, 6.07) is 4.56. The van der Waals surface area contributed by atoms with Gasteiger partial charge in [-0.1, -0.05) is 18.2 Å². The van der Waals surface area contributed by atoms with Gasteiger partial charge in [-0.15, -0.1) is 9.35 Å². The van der Waals surface area contributed by atoms with E-state index in [1.165, 1.54) is 4.90 Å². The molecule has 0 bridgehead atoms. The number of piperidine rings is 1. The molecule has 0 saturated carbocycles. The van der Waals surface area contributed by atoms with Gasteiger partial charge in [0, 0.05) is 19.5 Å². The van der Waals surface area contributed by atoms with Gasteiger partial charge in [0.1, 0.15) is 6.23 Å². The Morgan fingerprint density at radius 2 is 2.08 bits per heavy atom. The number of hydrogen-bond donors (Lipinski definition) is 2. The molecule has 0 radical (unpaired) electrons. The highest BCUT2D eigenvalue weighted by Gasteiger charge is 2.44. The van der Waals surface area contributed by atoms with Crippen molar-refractivity contribution >= 4 is 21.9 Å². The minimum absolute atomic E-state index is 0.0560. The Balaban J connectivity index is 1.84. The van der Waals surface area contributed by atoms with Crippen LogP contribution in [-0.2, 0) is 37.1 Å². The maximum Gasteiger partial charge on any atom is 0.285 e. The number of fused-ring (bicyclic) bond motifs is 1. The predicted octanol–water partition coefficient (Wildman–Crippen LogP) is -0.639. The molecule has 0 aliphatic carbocycles. The zero-order valence-corrected chi connectivity index (χ0v) is 14.4. The monoisotopic (exact) mass is 369 g/mol. The molecule has 2 aliphatic heterocycles. The van der Waals surface area contributed by atoms with E-state index in [1.54, 1.807) is 12.1 Å². The zero-order valence-electron chi connectivity index (χ0n) is 13.6. The van der Waals surface area contributed by atoms with Crippen LogP contribution in [0.15, 0.2) is 18.2 Å². The number of carbonyl (C=O) groups is 2. The lowest BCUT2D eigenvalue weighted by Gasteiger charge is -2.35. The Bertz CT molecular complexity index is 825. The van der Waals surface area contributed by atoms with Gasteiger partial charge in [-0.05, 0) is 23.1 Å². The zero-order chi connectivity index (χ0) is 18.4. The normalized spacial score (nSPS) is 24.7. The molecule has 1 fully saturated rings. The van der Waals surface area contributed by atoms with Crippen LogP contribution in [0.3, 0.4) is 0 Å². The smallest absolute Gasteiger partial charge is 0.285 e. The van der Waals surface area contributed by atoms with Crippen LogP contribution in [0.4, 0.5) is 0 Å². The van der Waals surface area contributed by atoms with E-state index in [2.05, 4.69) is 4.28 Å². The standard InChI is InChI=1S/C15H19N3O6S/c1-25(22,23)24-18-13(19)5-4-12(15(18)21)17-8-10-6-9(7-16)2-3-11(10)14(17)20/h2-3,6,12,14,20H,4-5,7-8,16H2,1H3. The predicted molar refractivity (Wildman–Crippen MR) is 85.6 cm³/mol. The molecule has 0 spiro atoms. The maximum atomic E-state index is 12.6. The van der Waals surface area contributed by atoms with Gasteiger partial charge < -0.3 is 10.8 Å². The lowest BCUT2D eigenvalue weighted by Crippen LogP contribution is -2.54. The highest BCUT2D eigenvalue weighted by molar-refractivity contribution is 7.85. The molecule has 25 heavy (non-hydrogen) atoms. The van der Waals surface area contributed by atoms with Gasteiger partial charge in [0.05, 0.1) is 12.3 Å². The van der Waals surface area contributed by atoms with Gasteiger partial charge in [0.25, 0.3) is 21.9 Å². The summed E-state index contributed by atoms with van der Waals surface area (Å²) in [5, 5.41) is 10.8. The number of hydrogen-bond acceptors (Lipinski definition) is 8. The topological polar surface area (TPSA) is 130 Å². The highest BCUT2D eigenvalue weighted by atomic mass is 32.2. The molecule has 3 N–H and O–H groups in total. The van der Waals surface area contributed by atoms with Crippen LogP contribution in [0.25, 0.3) is 0 Å². The second-order valence-corrected chi connectivity index (χ2v) is 7.70. The number of benzene rings is 1. The molecule has 10 heteroatoms. The third kappa shape index (κ3) is 3.44. The first-order valence-corrected chi connectivity index (χ1v) is 9.55. The van der Waals surface area contributed by atoms with Gasteiger partial charge in [-0.25, -0.2) is 0 Å². The average Bonchev–Trinajstić information content (AvgIpc) is 2.87. The summed E-state index contributed by atoms with van der Waals surface area (Å²) in [6.07, 6.45) is -0.147. The van der Waals surface area contributed by atoms with Crippen molar-refractivity contribution in [2.24, 2.45) is 5.73 Å². The molecule has 136 valence electrons. The number of nitrogens with zero attached hydrogens (tertiary/aromatic N) is 2. The first-order valence-electron chi connectivity index (χ1n) is 7.73. The summed E-state index contributed by atoms with van der Waals surface area (Å²) >= 11 is 0. The van der Waals surface area contributed by atoms with Crippen molar-refractivity contribution in [2.45, 2.75) is 38.2 Å². The number of rotatable bonds is 4. The minimum atomic E-state index is -4.02. The highest BCUT2D eigenvalue weighted by Crippen LogP contribution is 2.36. The fourth-order valence-corrected chi connectivity index (χ4v) is 3.61. The molecule has 2 unspecified atom stereocenters. The average molecular weight is 369 g/mol. The lowest BCUT2D eigenvalue weighted by atomic mass is 10.0. The lowest BCUT2D eigenvalue weighted by molar-refractivity contribution is -0.183. The molecule has 2 heterocycles. The first kappa shape index (κ1) is 18.0. The number of nitrogens with two attached hydrogens (primary N) is 1. The Hall–Kier alpha value is -1.85. The summed E-state index contributed by atoms with van der Waals surface area (Å²) in [5.41, 5.74) is 8.03. The number of aliphatic hydroxyl groups excluding tert-OH is 1. The van der Waals surface area contributed by atoms with Gasteiger partial charge in [0.2, 0.25) is 0 Å². The summed E-state index contributed by atoms with van der Waals surface area (Å²) in [4.78, 5) is 25.9. The van der Waals surface area contributed by atoms with Crippen molar-refractivity contribution in [3.05, 3.63) is 34.9 Å². The second-order valence-electron chi connectivity index (χ2n) is 6.14. The number of aliphatic hydroxyl groups is 1. The molecule has 1 aromatic rings. The van der Waals surface area contributed by atoms with Gasteiger partial charge in [0.15, 0.2) is 0 Å². The number of hydroxylamine groups is 2. The summed E-state index contributed by atoms with van der Waals surface area (Å²) in [5.74, 6) is -1.52. The van der Waals surface area contributed by atoms with E-state index in [0.717, 1.165) is 17.4 Å². The van der Waals surface area contributed by atoms with E-state index in [-0.39, 0.29) is 17.9 Å². The third-order valence-corrected chi connectivity index (χ3v) is 4.76. The molecular weight excluding hydrogens is 350 g/mol. The van der Waals surface area contributed by atoms with Crippen LogP contribution < -0.4 is 5.73 Å². The Labute approximate surface area is 145 Å². The summed E-state index contributed by atoms with van der Waals surface area (Å²) < 4.78 is 27.1. The molecule has 1 saturated heterocycles. The van der Waals surface area contributed by atoms with Crippen molar-refractivity contribution < 1.29 is 27.4 Å². The Kier molecular flexibility index (Phi) is 4.64. The summed E-state index contributed by atoms with van der Waals surface area (Å²) in [6.45, 7) is 0.651. The molecule has 2 amide bonds. The molecule has 1 aromatic carbocycles. The summed E-state index contributed by atoms with van der Waals surface area (Å²) in [7, 11) is -4.02. The molecule has 9 nitrogen and oxygen atoms in total. The fraction of sp³-hybridized carbons (Fsp3) is 0.467. The van der Waals surface area contributed by atoms with Crippen LogP contribution >= 0.6 is 0 Å². The van der Waals surface area contributed by atoms with E-state index in [4.69, 9.17) is 5.73 Å². The van der Waals surface area contributed by atoms with Crippen molar-refractivity contribution in [3.63, 3.8) is 0 Å². The van der Waals surface area contributed by atoms with Crippen LogP contribution in [0.5, 0.6) is 0 Å². The minimum Gasteiger partial charge on any atom is -0.374 e. The second kappa shape index (κ2) is 6.46. The van der Waals surface area contributed by atoms with Crippen molar-refractivity contribution in [3.8, 4) is 0 Å². The fourth-order valence-electron chi connectivity index (χ4n) is 3.18. The van der Waals surface area contributed by atoms with E-state index in [9.17, 15) is 23.1 Å². The van der Waals surface area contributed by atoms with E-state index in [0.29, 0.717) is 18.7 Å². The van der Waals surface area contributed by atoms with Crippen LogP contribution in [0.2, 0.25) is 0 Å². The Morgan fingerprint density at radius 1 is 1.36 bits per heavy atom. The molecule has 3 rings (SSSR count). The maximum absolute atomic E-state index is 12.6. The van der Waals surface area contributed by atoms with Crippen LogP contribution in [-0.4, -0.2) is 47.6 Å². The molecule has 2 atom stereocenters. The van der Waals surface area contributed by atoms with Crippen molar-refractivity contribution in [1.29, 1.82) is 0 Å². The van der Waals surface area contributed by atoms with E-state index in [1.807, 2.05) is 6.07 Å². The van der Waals surface area contributed by atoms with Crippen LogP contribution in [0.1, 0.15) is 35.8 Å². The van der Waals surface area contributed by atoms with Gasteiger partial charge >= 0.3 is 0 Å². The Morgan fingerprint density at radius 3 is 2.72 bits per heavy atom. The largest absolute Gasteiger partial charge is 0.374 e. The molecular formula is C15H19N3O6S. The van der Waals surface area contributed by atoms with Crippen LogP contribution in [0, 0.1) is 0 Å².